The molecule has 0 unspecified atom stereocenters. The minimum absolute atomic E-state index is 0.123. The number of rotatable bonds is 6. The van der Waals surface area contributed by atoms with Crippen LogP contribution in [-0.4, -0.2) is 50.2 Å². The Hall–Kier alpha value is -1.39. The summed E-state index contributed by atoms with van der Waals surface area (Å²) in [5.41, 5.74) is 1.29. The van der Waals surface area contributed by atoms with E-state index in [9.17, 15) is 4.79 Å². The first-order valence-corrected chi connectivity index (χ1v) is 7.35. The minimum atomic E-state index is 0.123. The second kappa shape index (κ2) is 8.02. The van der Waals surface area contributed by atoms with E-state index >= 15 is 0 Å². The fraction of sp³-hybridized carbons (Fsp3) is 0.562. The molecular weight excluding hydrogens is 252 g/mol. The highest BCUT2D eigenvalue weighted by Gasteiger charge is 2.17. The van der Waals surface area contributed by atoms with Gasteiger partial charge in [-0.2, -0.15) is 0 Å². The van der Waals surface area contributed by atoms with Crippen molar-refractivity contribution in [3.63, 3.8) is 0 Å². The molecule has 0 saturated carbocycles. The number of carbonyl (C=O) groups excluding carboxylic acids is 1. The third-order valence-corrected chi connectivity index (χ3v) is 3.58. The van der Waals surface area contributed by atoms with Gasteiger partial charge in [-0.05, 0) is 25.5 Å². The molecule has 1 amide bonds. The molecule has 0 spiro atoms. The van der Waals surface area contributed by atoms with Gasteiger partial charge in [0.05, 0.1) is 12.7 Å². The Morgan fingerprint density at radius 3 is 2.95 bits per heavy atom. The van der Waals surface area contributed by atoms with E-state index in [1.165, 1.54) is 5.56 Å². The van der Waals surface area contributed by atoms with E-state index in [-0.39, 0.29) is 12.0 Å². The lowest BCUT2D eigenvalue weighted by Gasteiger charge is -2.30. The second-order valence-corrected chi connectivity index (χ2v) is 5.40. The predicted octanol–water partition coefficient (Wildman–Crippen LogP) is 1.46. The van der Waals surface area contributed by atoms with Crippen LogP contribution in [0.5, 0.6) is 0 Å². The van der Waals surface area contributed by atoms with Gasteiger partial charge in [-0.25, -0.2) is 0 Å². The van der Waals surface area contributed by atoms with Crippen LogP contribution in [0.3, 0.4) is 0 Å². The summed E-state index contributed by atoms with van der Waals surface area (Å²) in [6.45, 7) is 3.24. The number of amides is 1. The average molecular weight is 276 g/mol. The third kappa shape index (κ3) is 5.31. The van der Waals surface area contributed by atoms with Crippen molar-refractivity contribution in [2.75, 3.05) is 33.3 Å². The van der Waals surface area contributed by atoms with E-state index in [1.807, 2.05) is 18.2 Å². The topological polar surface area (TPSA) is 41.6 Å². The molecule has 0 bridgehead atoms. The highest BCUT2D eigenvalue weighted by Crippen LogP contribution is 2.05. The van der Waals surface area contributed by atoms with Crippen molar-refractivity contribution in [3.05, 3.63) is 35.9 Å². The Bertz CT molecular complexity index is 408. The first-order valence-electron chi connectivity index (χ1n) is 7.35. The van der Waals surface area contributed by atoms with Crippen molar-refractivity contribution in [2.45, 2.75) is 25.4 Å². The largest absolute Gasteiger partial charge is 0.374 e. The van der Waals surface area contributed by atoms with Crippen molar-refractivity contribution in [3.8, 4) is 0 Å². The van der Waals surface area contributed by atoms with Crippen molar-refractivity contribution < 1.29 is 9.53 Å². The zero-order valence-corrected chi connectivity index (χ0v) is 12.2. The summed E-state index contributed by atoms with van der Waals surface area (Å²) >= 11 is 0. The molecule has 1 atom stereocenters. The average Bonchev–Trinajstić information content (AvgIpc) is 2.46. The molecule has 2 rings (SSSR count). The maximum Gasteiger partial charge on any atom is 0.220 e. The van der Waals surface area contributed by atoms with Gasteiger partial charge in [-0.3, -0.25) is 4.79 Å². The first-order chi connectivity index (χ1) is 9.74. The molecule has 1 saturated heterocycles. The number of aryl methyl sites for hydroxylation is 1. The first kappa shape index (κ1) is 15.0. The molecular formula is C16H24N2O2. The van der Waals surface area contributed by atoms with Crippen molar-refractivity contribution in [2.24, 2.45) is 0 Å². The number of benzene rings is 1. The fourth-order valence-corrected chi connectivity index (χ4v) is 2.40. The molecule has 1 aliphatic heterocycles. The normalized spacial score (nSPS) is 19.8. The van der Waals surface area contributed by atoms with E-state index in [0.29, 0.717) is 13.0 Å². The van der Waals surface area contributed by atoms with Crippen LogP contribution in [0.25, 0.3) is 0 Å². The lowest BCUT2D eigenvalue weighted by atomic mass is 10.1. The van der Waals surface area contributed by atoms with E-state index in [4.69, 9.17) is 4.74 Å². The van der Waals surface area contributed by atoms with Crippen LogP contribution in [0.4, 0.5) is 0 Å². The number of hydrogen-bond donors (Lipinski definition) is 1. The molecule has 1 aromatic carbocycles. The van der Waals surface area contributed by atoms with Crippen LogP contribution >= 0.6 is 0 Å². The zero-order valence-electron chi connectivity index (χ0n) is 12.2. The molecule has 1 heterocycles. The minimum Gasteiger partial charge on any atom is -0.374 e. The van der Waals surface area contributed by atoms with Gasteiger partial charge in [0.2, 0.25) is 5.91 Å². The highest BCUT2D eigenvalue weighted by atomic mass is 16.5. The molecule has 4 heteroatoms. The monoisotopic (exact) mass is 276 g/mol. The maximum atomic E-state index is 11.8. The number of hydrogen-bond acceptors (Lipinski definition) is 3. The third-order valence-electron chi connectivity index (χ3n) is 3.58. The molecule has 0 radical (unpaired) electrons. The van der Waals surface area contributed by atoms with Crippen LogP contribution in [0.15, 0.2) is 30.3 Å². The summed E-state index contributed by atoms with van der Waals surface area (Å²) in [5, 5.41) is 2.97. The number of carbonyl (C=O) groups is 1. The molecule has 1 aromatic rings. The van der Waals surface area contributed by atoms with Gasteiger partial charge < -0.3 is 15.0 Å². The lowest BCUT2D eigenvalue weighted by molar-refractivity contribution is -0.122. The molecule has 1 fully saturated rings. The Morgan fingerprint density at radius 1 is 1.40 bits per heavy atom. The Morgan fingerprint density at radius 2 is 2.20 bits per heavy atom. The smallest absolute Gasteiger partial charge is 0.220 e. The van der Waals surface area contributed by atoms with Crippen LogP contribution in [-0.2, 0) is 16.0 Å². The van der Waals surface area contributed by atoms with E-state index in [0.717, 1.165) is 32.5 Å². The summed E-state index contributed by atoms with van der Waals surface area (Å²) < 4.78 is 5.62. The van der Waals surface area contributed by atoms with Gasteiger partial charge in [-0.1, -0.05) is 30.3 Å². The molecule has 0 aliphatic carbocycles. The van der Waals surface area contributed by atoms with Crippen molar-refractivity contribution >= 4 is 5.91 Å². The van der Waals surface area contributed by atoms with Gasteiger partial charge in [0, 0.05) is 26.1 Å². The SMILES string of the molecule is CN1CCO[C@@H](CNC(=O)CCCc2ccccc2)C1. The Balaban J connectivity index is 1.58. The maximum absolute atomic E-state index is 11.8. The van der Waals surface area contributed by atoms with Crippen molar-refractivity contribution in [1.82, 2.24) is 10.2 Å². The lowest BCUT2D eigenvalue weighted by Crippen LogP contribution is -2.45. The number of ether oxygens (including phenoxy) is 1. The Labute approximate surface area is 121 Å². The fourth-order valence-electron chi connectivity index (χ4n) is 2.40. The highest BCUT2D eigenvalue weighted by molar-refractivity contribution is 5.75. The molecule has 110 valence electrons. The summed E-state index contributed by atoms with van der Waals surface area (Å²) in [6.07, 6.45) is 2.56. The number of morpholine rings is 1. The number of nitrogens with one attached hydrogen (secondary N) is 1. The van der Waals surface area contributed by atoms with E-state index in [1.54, 1.807) is 0 Å². The standard InChI is InChI=1S/C16H24N2O2/c1-18-10-11-20-15(13-18)12-17-16(19)9-5-8-14-6-3-2-4-7-14/h2-4,6-7,15H,5,8-13H2,1H3,(H,17,19)/t15-/m0/s1. The van der Waals surface area contributed by atoms with Crippen molar-refractivity contribution in [1.29, 1.82) is 0 Å². The van der Waals surface area contributed by atoms with Gasteiger partial charge in [0.1, 0.15) is 0 Å². The molecule has 1 N–H and O–H groups in total. The molecule has 20 heavy (non-hydrogen) atoms. The van der Waals surface area contributed by atoms with Gasteiger partial charge >= 0.3 is 0 Å². The molecule has 4 nitrogen and oxygen atoms in total. The summed E-state index contributed by atoms with van der Waals surface area (Å²) in [5.74, 6) is 0.123. The van der Waals surface area contributed by atoms with Crippen LogP contribution < -0.4 is 5.32 Å². The molecule has 1 aliphatic rings. The zero-order chi connectivity index (χ0) is 14.2. The van der Waals surface area contributed by atoms with Crippen LogP contribution in [0.1, 0.15) is 18.4 Å². The quantitative estimate of drug-likeness (QED) is 0.855. The van der Waals surface area contributed by atoms with E-state index in [2.05, 4.69) is 29.4 Å². The number of nitrogens with zero attached hydrogens (tertiary/aromatic N) is 1. The van der Waals surface area contributed by atoms with Gasteiger partial charge in [0.25, 0.3) is 0 Å². The molecule has 0 aromatic heterocycles. The Kier molecular flexibility index (Phi) is 6.02. The van der Waals surface area contributed by atoms with Gasteiger partial charge in [-0.15, -0.1) is 0 Å². The predicted molar refractivity (Wildman–Crippen MR) is 79.6 cm³/mol. The van der Waals surface area contributed by atoms with E-state index < -0.39 is 0 Å². The van der Waals surface area contributed by atoms with Crippen LogP contribution in [0, 0.1) is 0 Å². The second-order valence-electron chi connectivity index (χ2n) is 5.40. The summed E-state index contributed by atoms with van der Waals surface area (Å²) in [4.78, 5) is 14.0. The van der Waals surface area contributed by atoms with Crippen LogP contribution in [0.2, 0.25) is 0 Å². The number of likely N-dealkylation sites (N-methyl/N-ethyl adjacent to an activating group) is 1. The summed E-state index contributed by atoms with van der Waals surface area (Å²) in [6, 6.07) is 10.3. The van der Waals surface area contributed by atoms with Gasteiger partial charge in [0.15, 0.2) is 0 Å². The summed E-state index contributed by atoms with van der Waals surface area (Å²) in [7, 11) is 2.08.